The number of thiazole rings is 1. The smallest absolute Gasteiger partial charge is 0.243 e. The molecule has 2 heterocycles. The maximum atomic E-state index is 13.8. The number of nitrogens with zero attached hydrogens (tertiary/aromatic N) is 3. The highest BCUT2D eigenvalue weighted by Gasteiger charge is 2.29. The van der Waals surface area contributed by atoms with Gasteiger partial charge in [0.05, 0.1) is 10.7 Å². The van der Waals surface area contributed by atoms with Gasteiger partial charge in [-0.25, -0.2) is 13.8 Å². The Kier molecular flexibility index (Phi) is 5.61. The van der Waals surface area contributed by atoms with E-state index in [0.29, 0.717) is 9.83 Å². The van der Waals surface area contributed by atoms with Crippen molar-refractivity contribution in [3.05, 3.63) is 23.8 Å². The molecule has 0 saturated carbocycles. The number of rotatable bonds is 5. The molecule has 25 heavy (non-hydrogen) atoms. The van der Waals surface area contributed by atoms with Gasteiger partial charge in [-0.05, 0) is 39.5 Å². The van der Waals surface area contributed by atoms with E-state index in [-0.39, 0.29) is 17.5 Å². The molecule has 0 bridgehead atoms. The maximum absolute atomic E-state index is 13.8. The summed E-state index contributed by atoms with van der Waals surface area (Å²) in [5.41, 5.74) is 0.0924. The first-order valence-corrected chi connectivity index (χ1v) is 9.21. The molecule has 1 fully saturated rings. The van der Waals surface area contributed by atoms with Gasteiger partial charge < -0.3 is 10.2 Å². The van der Waals surface area contributed by atoms with Crippen LogP contribution < -0.4 is 5.32 Å². The third-order valence-corrected chi connectivity index (χ3v) is 5.31. The van der Waals surface area contributed by atoms with E-state index in [0.717, 1.165) is 56.3 Å². The molecule has 0 spiro atoms. The van der Waals surface area contributed by atoms with Gasteiger partial charge in [-0.1, -0.05) is 17.8 Å². The van der Waals surface area contributed by atoms with Gasteiger partial charge in [0, 0.05) is 19.2 Å². The third-order valence-electron chi connectivity index (χ3n) is 4.39. The van der Waals surface area contributed by atoms with Crippen LogP contribution in [0.1, 0.15) is 19.3 Å². The van der Waals surface area contributed by atoms with Crippen LogP contribution in [0.3, 0.4) is 0 Å². The van der Waals surface area contributed by atoms with Crippen LogP contribution in [-0.2, 0) is 4.79 Å². The summed E-state index contributed by atoms with van der Waals surface area (Å²) in [5.74, 6) is -1.48. The minimum absolute atomic E-state index is 0.0924. The van der Waals surface area contributed by atoms with E-state index in [2.05, 4.69) is 20.1 Å². The number of hydrogen-bond donors (Lipinski definition) is 1. The van der Waals surface area contributed by atoms with Crippen LogP contribution in [-0.4, -0.2) is 60.5 Å². The summed E-state index contributed by atoms with van der Waals surface area (Å²) in [5, 5.41) is 3.10. The second-order valence-electron chi connectivity index (χ2n) is 6.59. The van der Waals surface area contributed by atoms with Gasteiger partial charge in [0.25, 0.3) is 0 Å². The molecule has 0 radical (unpaired) electrons. The standard InChI is InChI=1S/C17H22F2N4OS/c1-22(2)7-8-23-6-4-3-5-13(23)16(24)21-17-20-15-12(19)9-11(18)10-14(15)25-17/h9-10,13H,3-8H2,1-2H3,(H,20,21,24). The Morgan fingerprint density at radius 1 is 1.40 bits per heavy atom. The number of piperidine rings is 1. The van der Waals surface area contributed by atoms with Crippen molar-refractivity contribution in [2.45, 2.75) is 25.3 Å². The summed E-state index contributed by atoms with van der Waals surface area (Å²) in [4.78, 5) is 21.1. The molecule has 2 aromatic rings. The summed E-state index contributed by atoms with van der Waals surface area (Å²) in [6.07, 6.45) is 2.90. The van der Waals surface area contributed by atoms with Gasteiger partial charge in [0.2, 0.25) is 5.91 Å². The molecular formula is C17H22F2N4OS. The molecule has 1 atom stereocenters. The highest BCUT2D eigenvalue weighted by molar-refractivity contribution is 7.22. The lowest BCUT2D eigenvalue weighted by Crippen LogP contribution is -2.49. The van der Waals surface area contributed by atoms with Crippen LogP contribution in [0, 0.1) is 11.6 Å². The number of benzene rings is 1. The zero-order valence-corrected chi connectivity index (χ0v) is 15.2. The Bertz CT molecular complexity index is 764. The van der Waals surface area contributed by atoms with E-state index < -0.39 is 11.6 Å². The van der Waals surface area contributed by atoms with Crippen LogP contribution in [0.4, 0.5) is 13.9 Å². The van der Waals surface area contributed by atoms with Crippen LogP contribution in [0.2, 0.25) is 0 Å². The lowest BCUT2D eigenvalue weighted by Gasteiger charge is -2.35. The predicted octanol–water partition coefficient (Wildman–Crippen LogP) is 2.93. The number of likely N-dealkylation sites (N-methyl/N-ethyl adjacent to an activating group) is 1. The van der Waals surface area contributed by atoms with Crippen molar-refractivity contribution in [2.24, 2.45) is 0 Å². The zero-order valence-electron chi connectivity index (χ0n) is 14.4. The molecule has 5 nitrogen and oxygen atoms in total. The molecule has 0 aliphatic carbocycles. The summed E-state index contributed by atoms with van der Waals surface area (Å²) >= 11 is 1.09. The van der Waals surface area contributed by atoms with Gasteiger partial charge in [0.15, 0.2) is 10.9 Å². The van der Waals surface area contributed by atoms with Crippen LogP contribution in [0.5, 0.6) is 0 Å². The summed E-state index contributed by atoms with van der Waals surface area (Å²) in [6, 6.07) is 1.83. The van der Waals surface area contributed by atoms with Gasteiger partial charge in [0.1, 0.15) is 11.3 Å². The van der Waals surface area contributed by atoms with Crippen molar-refractivity contribution in [3.8, 4) is 0 Å². The van der Waals surface area contributed by atoms with E-state index in [1.165, 1.54) is 6.07 Å². The molecule has 1 aromatic carbocycles. The van der Waals surface area contributed by atoms with E-state index in [1.807, 2.05) is 14.1 Å². The number of likely N-dealkylation sites (tertiary alicyclic amines) is 1. The predicted molar refractivity (Wildman–Crippen MR) is 95.9 cm³/mol. The van der Waals surface area contributed by atoms with Crippen molar-refractivity contribution >= 4 is 32.6 Å². The fourth-order valence-electron chi connectivity index (χ4n) is 3.08. The summed E-state index contributed by atoms with van der Waals surface area (Å²) in [7, 11) is 4.02. The molecule has 1 amide bonds. The first-order valence-electron chi connectivity index (χ1n) is 8.39. The van der Waals surface area contributed by atoms with Crippen LogP contribution in [0.25, 0.3) is 10.2 Å². The van der Waals surface area contributed by atoms with E-state index >= 15 is 0 Å². The molecule has 1 aliphatic rings. The number of amides is 1. The quantitative estimate of drug-likeness (QED) is 0.882. The van der Waals surface area contributed by atoms with Gasteiger partial charge in [-0.3, -0.25) is 9.69 Å². The number of halogens is 2. The third kappa shape index (κ3) is 4.31. The molecular weight excluding hydrogens is 346 g/mol. The number of anilines is 1. The first kappa shape index (κ1) is 18.2. The highest BCUT2D eigenvalue weighted by Crippen LogP contribution is 2.29. The normalized spacial score (nSPS) is 18.8. The monoisotopic (exact) mass is 368 g/mol. The average molecular weight is 368 g/mol. The van der Waals surface area contributed by atoms with Crippen molar-refractivity contribution in [3.63, 3.8) is 0 Å². The Labute approximate surface area is 149 Å². The summed E-state index contributed by atoms with van der Waals surface area (Å²) in [6.45, 7) is 2.60. The fourth-order valence-corrected chi connectivity index (χ4v) is 3.99. The van der Waals surface area contributed by atoms with Crippen LogP contribution in [0.15, 0.2) is 12.1 Å². The SMILES string of the molecule is CN(C)CCN1CCCCC1C(=O)Nc1nc2c(F)cc(F)cc2s1. The summed E-state index contributed by atoms with van der Waals surface area (Å²) < 4.78 is 27.5. The van der Waals surface area contributed by atoms with Crippen molar-refractivity contribution < 1.29 is 13.6 Å². The lowest BCUT2D eigenvalue weighted by molar-refractivity contribution is -0.122. The van der Waals surface area contributed by atoms with Crippen molar-refractivity contribution in [2.75, 3.05) is 39.0 Å². The largest absolute Gasteiger partial charge is 0.308 e. The zero-order chi connectivity index (χ0) is 18.0. The molecule has 1 unspecified atom stereocenters. The molecule has 1 N–H and O–H groups in total. The molecule has 3 rings (SSSR count). The lowest BCUT2D eigenvalue weighted by atomic mass is 10.0. The minimum atomic E-state index is -0.711. The number of carbonyl (C=O) groups excluding carboxylic acids is 1. The van der Waals surface area contributed by atoms with Crippen LogP contribution >= 0.6 is 11.3 Å². The molecule has 1 aliphatic heterocycles. The Morgan fingerprint density at radius 2 is 2.20 bits per heavy atom. The first-order chi connectivity index (χ1) is 11.9. The van der Waals surface area contributed by atoms with Gasteiger partial charge >= 0.3 is 0 Å². The molecule has 1 aromatic heterocycles. The topological polar surface area (TPSA) is 48.5 Å². The van der Waals surface area contributed by atoms with E-state index in [9.17, 15) is 13.6 Å². The highest BCUT2D eigenvalue weighted by atomic mass is 32.1. The fraction of sp³-hybridized carbons (Fsp3) is 0.529. The number of fused-ring (bicyclic) bond motifs is 1. The second kappa shape index (κ2) is 7.72. The number of carbonyl (C=O) groups is 1. The Hall–Kier alpha value is -1.64. The molecule has 8 heteroatoms. The molecule has 1 saturated heterocycles. The minimum Gasteiger partial charge on any atom is -0.308 e. The van der Waals surface area contributed by atoms with Gasteiger partial charge in [-0.15, -0.1) is 0 Å². The Morgan fingerprint density at radius 3 is 2.96 bits per heavy atom. The van der Waals surface area contributed by atoms with Gasteiger partial charge in [-0.2, -0.15) is 0 Å². The second-order valence-corrected chi connectivity index (χ2v) is 7.62. The number of nitrogens with one attached hydrogen (secondary N) is 1. The maximum Gasteiger partial charge on any atom is 0.243 e. The van der Waals surface area contributed by atoms with Crippen molar-refractivity contribution in [1.29, 1.82) is 0 Å². The molecule has 136 valence electrons. The van der Waals surface area contributed by atoms with E-state index in [1.54, 1.807) is 0 Å². The average Bonchev–Trinajstić information content (AvgIpc) is 2.95. The van der Waals surface area contributed by atoms with Crippen molar-refractivity contribution in [1.82, 2.24) is 14.8 Å². The van der Waals surface area contributed by atoms with E-state index in [4.69, 9.17) is 0 Å². The number of hydrogen-bond acceptors (Lipinski definition) is 5. The number of aromatic nitrogens is 1. The Balaban J connectivity index is 1.72.